The minimum Gasteiger partial charge on any atom is -0.501 e. The summed E-state index contributed by atoms with van der Waals surface area (Å²) in [5.41, 5.74) is 11.2. The van der Waals surface area contributed by atoms with Gasteiger partial charge in [-0.3, -0.25) is 0 Å². The summed E-state index contributed by atoms with van der Waals surface area (Å²) in [6, 6.07) is 48.7. The van der Waals surface area contributed by atoms with Gasteiger partial charge >= 0.3 is 0 Å². The van der Waals surface area contributed by atoms with Gasteiger partial charge in [-0.15, -0.1) is 53.6 Å². The predicted octanol–water partition coefficient (Wildman–Crippen LogP) is 11.5. The molecule has 8 aromatic rings. The van der Waals surface area contributed by atoms with Crippen molar-refractivity contribution in [1.29, 1.82) is 0 Å². The van der Waals surface area contributed by atoms with Crippen molar-refractivity contribution in [2.75, 3.05) is 0 Å². The Labute approximate surface area is 313 Å². The molecule has 0 aliphatic rings. The maximum absolute atomic E-state index is 7.35. The molecule has 0 bridgehead atoms. The molecule has 5 aromatic carbocycles. The van der Waals surface area contributed by atoms with E-state index in [0.29, 0.717) is 5.56 Å². The molecule has 0 aliphatic heterocycles. The van der Waals surface area contributed by atoms with Crippen LogP contribution in [0.1, 0.15) is 15.2 Å². The van der Waals surface area contributed by atoms with Gasteiger partial charge in [0.05, 0.1) is 13.7 Å². The molecular formula is C45H38IrN2OSi-2. The monoisotopic (exact) mass is 846 g/mol. The van der Waals surface area contributed by atoms with E-state index >= 15 is 0 Å². The second kappa shape index (κ2) is 14.9. The van der Waals surface area contributed by atoms with Crippen LogP contribution in [0.2, 0.25) is 19.6 Å². The van der Waals surface area contributed by atoms with Gasteiger partial charge < -0.3 is 14.4 Å². The standard InChI is InChI=1S/C30H20NO.C15H18NSi.Ir/c1-20-17-28(31-19-27(20)22-11-6-3-7-12-22)26-14-8-13-25-24-16-15-23(18-29(24)32-30(25)26)21-9-4-2-5-10-21;1-12-5-7-13(8-6-12)15-10-9-14(11-16-15)17(2,3)4;/h2-13,15-19H,1H3;5-7,9-11H,1-4H3;/q2*-1;/i;1D3;. The van der Waals surface area contributed by atoms with Crippen LogP contribution in [-0.2, 0) is 20.1 Å². The number of pyridine rings is 2. The maximum Gasteiger partial charge on any atom is 0.121 e. The fraction of sp³-hybridized carbons (Fsp3) is 0.111. The fourth-order valence-corrected chi connectivity index (χ4v) is 6.97. The Morgan fingerprint density at radius 3 is 2.06 bits per heavy atom. The van der Waals surface area contributed by atoms with E-state index in [0.717, 1.165) is 55.6 Å². The van der Waals surface area contributed by atoms with Crippen LogP contribution in [0.4, 0.5) is 0 Å². The molecule has 0 saturated carbocycles. The molecule has 3 nitrogen and oxygen atoms in total. The van der Waals surface area contributed by atoms with Gasteiger partial charge in [0.2, 0.25) is 0 Å². The third-order valence-electron chi connectivity index (χ3n) is 8.71. The number of hydrogen-bond acceptors (Lipinski definition) is 3. The number of nitrogens with zero attached hydrogens (tertiary/aromatic N) is 2. The molecule has 0 unspecified atom stereocenters. The normalized spacial score (nSPS) is 12.3. The fourth-order valence-electron chi connectivity index (χ4n) is 5.94. The Kier molecular flexibility index (Phi) is 9.26. The molecule has 0 fully saturated rings. The molecule has 50 heavy (non-hydrogen) atoms. The molecule has 0 atom stereocenters. The Balaban J connectivity index is 0.000000199. The molecule has 1 radical (unpaired) electrons. The van der Waals surface area contributed by atoms with Gasteiger partial charge in [-0.2, -0.15) is 0 Å². The second-order valence-corrected chi connectivity index (χ2v) is 18.3. The topological polar surface area (TPSA) is 38.9 Å². The first-order valence-electron chi connectivity index (χ1n) is 17.9. The van der Waals surface area contributed by atoms with Crippen molar-refractivity contribution >= 4 is 35.2 Å². The molecule has 3 aromatic heterocycles. The number of aryl methyl sites for hydroxylation is 2. The van der Waals surface area contributed by atoms with Crippen LogP contribution < -0.4 is 5.19 Å². The van der Waals surface area contributed by atoms with Gasteiger partial charge in [0.1, 0.15) is 5.58 Å². The second-order valence-electron chi connectivity index (χ2n) is 13.2. The van der Waals surface area contributed by atoms with Crippen molar-refractivity contribution in [2.24, 2.45) is 0 Å². The van der Waals surface area contributed by atoms with Crippen molar-refractivity contribution in [3.8, 4) is 44.8 Å². The zero-order valence-electron chi connectivity index (χ0n) is 31.4. The number of hydrogen-bond donors (Lipinski definition) is 0. The molecular weight excluding hydrogens is 805 g/mol. The SMILES string of the molecule is Cc1cc(-c2[c-]ccc3c2oc2cc(-c4ccccc4)ccc23)ncc1-c1ccccc1.[2H]C([2H])([2H])c1c[c-]c(-c2ccc([Si](C)(C)C)cn2)cc1.[Ir]. The van der Waals surface area contributed by atoms with Crippen LogP contribution in [0.25, 0.3) is 66.7 Å². The molecule has 0 spiro atoms. The first kappa shape index (κ1) is 31.1. The number of fused-ring (bicyclic) bond motifs is 3. The van der Waals surface area contributed by atoms with Gasteiger partial charge in [0.25, 0.3) is 0 Å². The van der Waals surface area contributed by atoms with Crippen molar-refractivity contribution in [1.82, 2.24) is 9.97 Å². The first-order chi connectivity index (χ1) is 25.0. The average Bonchev–Trinajstić information content (AvgIpc) is 3.53. The van der Waals surface area contributed by atoms with E-state index in [1.165, 1.54) is 27.9 Å². The van der Waals surface area contributed by atoms with Gasteiger partial charge in [-0.1, -0.05) is 128 Å². The van der Waals surface area contributed by atoms with Crippen LogP contribution in [0.3, 0.4) is 0 Å². The number of furan rings is 1. The summed E-state index contributed by atoms with van der Waals surface area (Å²) < 4.78 is 28.4. The predicted molar refractivity (Wildman–Crippen MR) is 208 cm³/mol. The van der Waals surface area contributed by atoms with E-state index in [1.54, 1.807) is 12.1 Å². The van der Waals surface area contributed by atoms with E-state index in [1.807, 2.05) is 36.7 Å². The zero-order valence-corrected chi connectivity index (χ0v) is 31.8. The molecule has 5 heteroatoms. The van der Waals surface area contributed by atoms with E-state index < -0.39 is 14.9 Å². The maximum atomic E-state index is 7.35. The van der Waals surface area contributed by atoms with Crippen molar-refractivity contribution in [2.45, 2.75) is 33.4 Å². The molecule has 0 aliphatic carbocycles. The van der Waals surface area contributed by atoms with Crippen LogP contribution in [0.5, 0.6) is 0 Å². The molecule has 8 rings (SSSR count). The number of aromatic nitrogens is 2. The molecule has 249 valence electrons. The quantitative estimate of drug-likeness (QED) is 0.128. The zero-order chi connectivity index (χ0) is 36.5. The molecule has 0 amide bonds. The minimum absolute atomic E-state index is 0. The summed E-state index contributed by atoms with van der Waals surface area (Å²) in [6.07, 6.45) is 3.87. The van der Waals surface area contributed by atoms with Crippen molar-refractivity contribution in [3.05, 3.63) is 163 Å². The van der Waals surface area contributed by atoms with E-state index in [4.69, 9.17) is 13.5 Å². The van der Waals surface area contributed by atoms with E-state index in [9.17, 15) is 0 Å². The van der Waals surface area contributed by atoms with E-state index in [-0.39, 0.29) is 20.1 Å². The van der Waals surface area contributed by atoms with Crippen LogP contribution in [-0.4, -0.2) is 18.0 Å². The van der Waals surface area contributed by atoms with Gasteiger partial charge in [0.15, 0.2) is 0 Å². The Hall–Kier alpha value is -4.93. The Morgan fingerprint density at radius 1 is 0.680 bits per heavy atom. The van der Waals surface area contributed by atoms with Crippen LogP contribution in [0, 0.1) is 25.9 Å². The number of rotatable bonds is 5. The number of benzene rings is 5. The Bertz CT molecular complexity index is 2420. The van der Waals surface area contributed by atoms with E-state index in [2.05, 4.69) is 129 Å². The summed E-state index contributed by atoms with van der Waals surface area (Å²) >= 11 is 0. The van der Waals surface area contributed by atoms with Gasteiger partial charge in [-0.05, 0) is 51.8 Å². The molecule has 0 saturated heterocycles. The van der Waals surface area contributed by atoms with Crippen LogP contribution in [0.15, 0.2) is 144 Å². The summed E-state index contributed by atoms with van der Waals surface area (Å²) in [6.45, 7) is 6.88. The summed E-state index contributed by atoms with van der Waals surface area (Å²) in [4.78, 5) is 9.25. The van der Waals surface area contributed by atoms with Gasteiger partial charge in [0, 0.05) is 47.6 Å². The Morgan fingerprint density at radius 2 is 1.42 bits per heavy atom. The largest absolute Gasteiger partial charge is 0.501 e. The summed E-state index contributed by atoms with van der Waals surface area (Å²) in [5.74, 6) is 0. The molecule has 3 heterocycles. The summed E-state index contributed by atoms with van der Waals surface area (Å²) in [7, 11) is -1.34. The third-order valence-corrected chi connectivity index (χ3v) is 10.7. The third kappa shape index (κ3) is 7.46. The van der Waals surface area contributed by atoms with Crippen molar-refractivity contribution < 1.29 is 28.6 Å². The first-order valence-corrected chi connectivity index (χ1v) is 19.9. The molecule has 0 N–H and O–H groups in total. The smallest absolute Gasteiger partial charge is 0.121 e. The average molecular weight is 846 g/mol. The van der Waals surface area contributed by atoms with Crippen molar-refractivity contribution in [3.63, 3.8) is 0 Å². The summed E-state index contributed by atoms with van der Waals surface area (Å²) in [5, 5.41) is 3.49. The van der Waals surface area contributed by atoms with Crippen LogP contribution >= 0.6 is 0 Å². The van der Waals surface area contributed by atoms with Gasteiger partial charge in [-0.25, -0.2) is 0 Å². The minimum atomic E-state index is -2.08.